The molecule has 1 N–H and O–H groups in total. The number of anilines is 1. The van der Waals surface area contributed by atoms with Gasteiger partial charge in [0.1, 0.15) is 6.04 Å². The van der Waals surface area contributed by atoms with Crippen LogP contribution in [0.3, 0.4) is 0 Å². The molecule has 0 aliphatic carbocycles. The molecule has 8 heteroatoms. The number of nitrogens with zero attached hydrogens (tertiary/aromatic N) is 2. The third-order valence-electron chi connectivity index (χ3n) is 4.17. The molecule has 6 nitrogen and oxygen atoms in total. The van der Waals surface area contributed by atoms with E-state index in [1.54, 1.807) is 42.5 Å². The van der Waals surface area contributed by atoms with Crippen LogP contribution in [0.5, 0.6) is 0 Å². The van der Waals surface area contributed by atoms with Gasteiger partial charge in [-0.05, 0) is 37.3 Å². The Morgan fingerprint density at radius 1 is 1.15 bits per heavy atom. The van der Waals surface area contributed by atoms with Crippen LogP contribution in [0.2, 0.25) is 5.02 Å². The van der Waals surface area contributed by atoms with E-state index in [0.29, 0.717) is 26.8 Å². The Hall–Kier alpha value is -2.77. The van der Waals surface area contributed by atoms with Gasteiger partial charge in [-0.2, -0.15) is 0 Å². The molecule has 3 amide bonds. The number of halogens is 1. The number of carbonyl (C=O) groups excluding carboxylic acids is 3. The van der Waals surface area contributed by atoms with Crippen LogP contribution < -0.4 is 5.32 Å². The average molecular weight is 386 g/mol. The first-order chi connectivity index (χ1) is 12.5. The van der Waals surface area contributed by atoms with Crippen molar-refractivity contribution in [2.75, 3.05) is 5.32 Å². The van der Waals surface area contributed by atoms with Crippen LogP contribution in [0, 0.1) is 0 Å². The van der Waals surface area contributed by atoms with Gasteiger partial charge in [-0.3, -0.25) is 19.3 Å². The Balaban J connectivity index is 1.56. The molecule has 0 saturated carbocycles. The second-order valence-corrected chi connectivity index (χ2v) is 7.29. The third-order valence-corrected chi connectivity index (χ3v) is 5.34. The van der Waals surface area contributed by atoms with Crippen molar-refractivity contribution in [3.63, 3.8) is 0 Å². The Morgan fingerprint density at radius 3 is 2.46 bits per heavy atom. The lowest BCUT2D eigenvalue weighted by molar-refractivity contribution is -0.119. The first kappa shape index (κ1) is 16.7. The number of hydrogen-bond donors (Lipinski definition) is 1. The molecule has 0 spiro atoms. The SMILES string of the molecule is C[C@H](C(=O)Nc1nc2ccc(Cl)cc2s1)N1C(=O)c2ccccc2C1=O. The molecule has 1 aliphatic rings. The number of imide groups is 1. The highest BCUT2D eigenvalue weighted by Gasteiger charge is 2.40. The summed E-state index contributed by atoms with van der Waals surface area (Å²) in [6.45, 7) is 1.52. The minimum absolute atomic E-state index is 0.312. The molecular formula is C18H12ClN3O3S. The summed E-state index contributed by atoms with van der Waals surface area (Å²) in [6.07, 6.45) is 0. The van der Waals surface area contributed by atoms with E-state index in [9.17, 15) is 14.4 Å². The number of thiazole rings is 1. The quantitative estimate of drug-likeness (QED) is 0.699. The maximum absolute atomic E-state index is 12.6. The largest absolute Gasteiger partial charge is 0.300 e. The fourth-order valence-corrected chi connectivity index (χ4v) is 3.98. The smallest absolute Gasteiger partial charge is 0.262 e. The van der Waals surface area contributed by atoms with Gasteiger partial charge in [0.15, 0.2) is 5.13 Å². The van der Waals surface area contributed by atoms with E-state index in [-0.39, 0.29) is 0 Å². The van der Waals surface area contributed by atoms with Crippen LogP contribution in [0.1, 0.15) is 27.6 Å². The lowest BCUT2D eigenvalue weighted by Crippen LogP contribution is -2.45. The molecule has 1 atom stereocenters. The highest BCUT2D eigenvalue weighted by atomic mass is 35.5. The number of benzene rings is 2. The summed E-state index contributed by atoms with van der Waals surface area (Å²) >= 11 is 7.23. The van der Waals surface area contributed by atoms with Gasteiger partial charge in [0.2, 0.25) is 5.91 Å². The van der Waals surface area contributed by atoms with E-state index in [4.69, 9.17) is 11.6 Å². The molecule has 3 aromatic rings. The molecule has 0 fully saturated rings. The third kappa shape index (κ3) is 2.65. The van der Waals surface area contributed by atoms with Gasteiger partial charge in [0.25, 0.3) is 11.8 Å². The number of nitrogens with one attached hydrogen (secondary N) is 1. The van der Waals surface area contributed by atoms with Crippen LogP contribution in [0.4, 0.5) is 5.13 Å². The summed E-state index contributed by atoms with van der Waals surface area (Å²) < 4.78 is 0.834. The van der Waals surface area contributed by atoms with Crippen LogP contribution in [-0.2, 0) is 4.79 Å². The molecule has 26 heavy (non-hydrogen) atoms. The molecule has 130 valence electrons. The number of rotatable bonds is 3. The van der Waals surface area contributed by atoms with E-state index < -0.39 is 23.8 Å². The molecule has 0 bridgehead atoms. The van der Waals surface area contributed by atoms with Crippen LogP contribution in [-0.4, -0.2) is 33.6 Å². The molecule has 2 heterocycles. The lowest BCUT2D eigenvalue weighted by Gasteiger charge is -2.21. The summed E-state index contributed by atoms with van der Waals surface area (Å²) in [4.78, 5) is 42.8. The molecule has 4 rings (SSSR count). The van der Waals surface area contributed by atoms with Gasteiger partial charge in [-0.15, -0.1) is 0 Å². The van der Waals surface area contributed by atoms with Crippen molar-refractivity contribution in [1.82, 2.24) is 9.88 Å². The van der Waals surface area contributed by atoms with Crippen LogP contribution in [0.25, 0.3) is 10.2 Å². The van der Waals surface area contributed by atoms with E-state index in [2.05, 4.69) is 10.3 Å². The number of amides is 3. The highest BCUT2D eigenvalue weighted by molar-refractivity contribution is 7.22. The van der Waals surface area contributed by atoms with Crippen molar-refractivity contribution in [1.29, 1.82) is 0 Å². The molecule has 1 aliphatic heterocycles. The normalized spacial score (nSPS) is 14.6. The first-order valence-corrected chi connectivity index (χ1v) is 8.99. The van der Waals surface area contributed by atoms with Crippen LogP contribution >= 0.6 is 22.9 Å². The molecule has 2 aromatic carbocycles. The van der Waals surface area contributed by atoms with Crippen molar-refractivity contribution in [2.45, 2.75) is 13.0 Å². The molecular weight excluding hydrogens is 374 g/mol. The van der Waals surface area contributed by atoms with Crippen molar-refractivity contribution in [3.8, 4) is 0 Å². The van der Waals surface area contributed by atoms with Crippen molar-refractivity contribution in [2.24, 2.45) is 0 Å². The van der Waals surface area contributed by atoms with Crippen LogP contribution in [0.15, 0.2) is 42.5 Å². The zero-order valence-corrected chi connectivity index (χ0v) is 15.1. The standard InChI is InChI=1S/C18H12ClN3O3S/c1-9(22-16(24)11-4-2-3-5-12(11)17(22)25)15(23)21-18-20-13-7-6-10(19)8-14(13)26-18/h2-9H,1H3,(H,20,21,23)/t9-/m1/s1. The zero-order valence-electron chi connectivity index (χ0n) is 13.5. The Labute approximate surface area is 157 Å². The molecule has 0 saturated heterocycles. The maximum Gasteiger partial charge on any atom is 0.262 e. The fraction of sp³-hybridized carbons (Fsp3) is 0.111. The average Bonchev–Trinajstić information content (AvgIpc) is 3.13. The van der Waals surface area contributed by atoms with Gasteiger partial charge in [-0.25, -0.2) is 4.98 Å². The van der Waals surface area contributed by atoms with Crippen molar-refractivity contribution in [3.05, 3.63) is 58.6 Å². The zero-order chi connectivity index (χ0) is 18.4. The summed E-state index contributed by atoms with van der Waals surface area (Å²) in [6, 6.07) is 10.8. The lowest BCUT2D eigenvalue weighted by atomic mass is 10.1. The first-order valence-electron chi connectivity index (χ1n) is 7.79. The number of carbonyl (C=O) groups is 3. The monoisotopic (exact) mass is 385 g/mol. The number of hydrogen-bond acceptors (Lipinski definition) is 5. The van der Waals surface area contributed by atoms with Crippen molar-refractivity contribution < 1.29 is 14.4 Å². The number of aromatic nitrogens is 1. The Bertz CT molecular complexity index is 1040. The maximum atomic E-state index is 12.6. The Kier molecular flexibility index (Phi) is 3.97. The van der Waals surface area contributed by atoms with E-state index in [0.717, 1.165) is 9.60 Å². The second kappa shape index (κ2) is 6.19. The summed E-state index contributed by atoms with van der Waals surface area (Å²) in [5, 5.41) is 3.64. The van der Waals surface area contributed by atoms with Gasteiger partial charge >= 0.3 is 0 Å². The summed E-state index contributed by atoms with van der Waals surface area (Å²) in [5.41, 5.74) is 1.33. The summed E-state index contributed by atoms with van der Waals surface area (Å²) in [7, 11) is 0. The summed E-state index contributed by atoms with van der Waals surface area (Å²) in [5.74, 6) is -1.42. The molecule has 0 radical (unpaired) electrons. The minimum atomic E-state index is -0.960. The van der Waals surface area contributed by atoms with Gasteiger partial charge in [-0.1, -0.05) is 35.1 Å². The van der Waals surface area contributed by atoms with Gasteiger partial charge in [0, 0.05) is 5.02 Å². The fourth-order valence-electron chi connectivity index (χ4n) is 2.84. The van der Waals surface area contributed by atoms with E-state index in [1.165, 1.54) is 18.3 Å². The van der Waals surface area contributed by atoms with Gasteiger partial charge < -0.3 is 5.32 Å². The predicted octanol–water partition coefficient (Wildman–Crippen LogP) is 3.57. The second-order valence-electron chi connectivity index (χ2n) is 5.82. The highest BCUT2D eigenvalue weighted by Crippen LogP contribution is 2.29. The van der Waals surface area contributed by atoms with E-state index >= 15 is 0 Å². The van der Waals surface area contributed by atoms with Gasteiger partial charge in [0.05, 0.1) is 21.3 Å². The topological polar surface area (TPSA) is 79.4 Å². The van der Waals surface area contributed by atoms with Crippen molar-refractivity contribution >= 4 is 56.0 Å². The molecule has 1 aromatic heterocycles. The predicted molar refractivity (Wildman–Crippen MR) is 99.7 cm³/mol. The minimum Gasteiger partial charge on any atom is -0.300 e. The Morgan fingerprint density at radius 2 is 1.81 bits per heavy atom. The number of fused-ring (bicyclic) bond motifs is 2. The van der Waals surface area contributed by atoms with E-state index in [1.807, 2.05) is 0 Å². The molecule has 0 unspecified atom stereocenters.